The maximum Gasteiger partial charge on any atom is 0.314 e. The molecule has 0 radical (unpaired) electrons. The highest BCUT2D eigenvalue weighted by Gasteiger charge is 2.12. The van der Waals surface area contributed by atoms with E-state index in [9.17, 15) is 9.90 Å². The summed E-state index contributed by atoms with van der Waals surface area (Å²) in [4.78, 5) is 12.3. The number of ether oxygens (including phenoxy) is 1. The minimum Gasteiger partial charge on any atom is -0.386 e. The van der Waals surface area contributed by atoms with E-state index in [-0.39, 0.29) is 12.6 Å². The number of thiophene rings is 1. The average Bonchev–Trinajstić information content (AvgIpc) is 2.89. The van der Waals surface area contributed by atoms with Crippen LogP contribution >= 0.6 is 11.3 Å². The van der Waals surface area contributed by atoms with Crippen molar-refractivity contribution in [3.63, 3.8) is 0 Å². The van der Waals surface area contributed by atoms with E-state index < -0.39 is 6.10 Å². The minimum absolute atomic E-state index is 0.186. The van der Waals surface area contributed by atoms with Crippen LogP contribution in [0.5, 0.6) is 0 Å². The van der Waals surface area contributed by atoms with Gasteiger partial charge in [0.15, 0.2) is 0 Å². The Balaban J connectivity index is 1.85. The first-order valence-corrected chi connectivity index (χ1v) is 7.19. The molecule has 1 aromatic heterocycles. The molecular formula is C14H18N2O3S. The molecule has 6 heteroatoms. The van der Waals surface area contributed by atoms with Gasteiger partial charge in [0, 0.05) is 23.2 Å². The molecule has 0 aliphatic carbocycles. The third-order valence-corrected chi connectivity index (χ3v) is 4.04. The van der Waals surface area contributed by atoms with Gasteiger partial charge in [0.2, 0.25) is 0 Å². The third kappa shape index (κ3) is 3.93. The zero-order valence-corrected chi connectivity index (χ0v) is 12.1. The standard InChI is InChI=1S/C14H18N2O3S/c1-19-7-6-15-14(18)16-9-11(17)13-8-10-4-2-3-5-12(10)20-13/h2-5,8,11,17H,6-7,9H2,1H3,(H2,15,16,18). The fourth-order valence-corrected chi connectivity index (χ4v) is 2.84. The van der Waals surface area contributed by atoms with E-state index in [1.807, 2.05) is 30.3 Å². The van der Waals surface area contributed by atoms with Crippen molar-refractivity contribution in [3.05, 3.63) is 35.2 Å². The van der Waals surface area contributed by atoms with Gasteiger partial charge in [0.05, 0.1) is 13.2 Å². The monoisotopic (exact) mass is 294 g/mol. The maximum atomic E-state index is 11.4. The first-order valence-electron chi connectivity index (χ1n) is 6.38. The van der Waals surface area contributed by atoms with E-state index in [0.717, 1.165) is 15.0 Å². The van der Waals surface area contributed by atoms with Crippen molar-refractivity contribution in [2.75, 3.05) is 26.8 Å². The number of amides is 2. The number of hydrogen-bond donors (Lipinski definition) is 3. The van der Waals surface area contributed by atoms with Gasteiger partial charge in [-0.1, -0.05) is 18.2 Å². The number of carbonyl (C=O) groups is 1. The van der Waals surface area contributed by atoms with Gasteiger partial charge in [-0.3, -0.25) is 0 Å². The van der Waals surface area contributed by atoms with Crippen molar-refractivity contribution in [2.24, 2.45) is 0 Å². The Kier molecular flexibility index (Phi) is 5.34. The Bertz CT molecular complexity index is 537. The van der Waals surface area contributed by atoms with Gasteiger partial charge in [-0.05, 0) is 17.5 Å². The zero-order valence-electron chi connectivity index (χ0n) is 11.3. The number of rotatable bonds is 6. The van der Waals surface area contributed by atoms with Gasteiger partial charge >= 0.3 is 6.03 Å². The lowest BCUT2D eigenvalue weighted by Gasteiger charge is -2.11. The van der Waals surface area contributed by atoms with Crippen LogP contribution in [0, 0.1) is 0 Å². The summed E-state index contributed by atoms with van der Waals surface area (Å²) in [7, 11) is 1.57. The number of carbonyl (C=O) groups excluding carboxylic acids is 1. The van der Waals surface area contributed by atoms with Crippen LogP contribution in [0.4, 0.5) is 4.79 Å². The molecular weight excluding hydrogens is 276 g/mol. The van der Waals surface area contributed by atoms with Gasteiger partial charge in [-0.2, -0.15) is 0 Å². The zero-order chi connectivity index (χ0) is 14.4. The highest BCUT2D eigenvalue weighted by molar-refractivity contribution is 7.19. The van der Waals surface area contributed by atoms with Crippen molar-refractivity contribution < 1.29 is 14.6 Å². The predicted molar refractivity (Wildman–Crippen MR) is 80.1 cm³/mol. The summed E-state index contributed by atoms with van der Waals surface area (Å²) in [5, 5.41) is 16.5. The quantitative estimate of drug-likeness (QED) is 0.712. The number of hydrogen-bond acceptors (Lipinski definition) is 4. The molecule has 0 aliphatic rings. The Morgan fingerprint density at radius 3 is 2.95 bits per heavy atom. The molecule has 2 rings (SSSR count). The van der Waals surface area contributed by atoms with Gasteiger partial charge in [0.25, 0.3) is 0 Å². The van der Waals surface area contributed by atoms with Crippen molar-refractivity contribution >= 4 is 27.5 Å². The summed E-state index contributed by atoms with van der Waals surface area (Å²) < 4.78 is 5.96. The van der Waals surface area contributed by atoms with E-state index in [1.54, 1.807) is 7.11 Å². The molecule has 1 heterocycles. The second-order valence-electron chi connectivity index (χ2n) is 4.33. The van der Waals surface area contributed by atoms with Crippen LogP contribution in [-0.4, -0.2) is 37.9 Å². The average molecular weight is 294 g/mol. The van der Waals surface area contributed by atoms with Crippen LogP contribution in [0.15, 0.2) is 30.3 Å². The molecule has 2 amide bonds. The molecule has 3 N–H and O–H groups in total. The Labute approximate surface area is 121 Å². The number of urea groups is 1. The molecule has 0 saturated heterocycles. The van der Waals surface area contributed by atoms with Crippen LogP contribution in [0.2, 0.25) is 0 Å². The number of methoxy groups -OCH3 is 1. The third-order valence-electron chi connectivity index (χ3n) is 2.82. The van der Waals surface area contributed by atoms with E-state index in [0.29, 0.717) is 13.2 Å². The van der Waals surface area contributed by atoms with E-state index >= 15 is 0 Å². The first kappa shape index (κ1) is 14.8. The Hall–Kier alpha value is -1.63. The van der Waals surface area contributed by atoms with Crippen LogP contribution in [-0.2, 0) is 4.74 Å². The van der Waals surface area contributed by atoms with Gasteiger partial charge in [-0.25, -0.2) is 4.79 Å². The molecule has 5 nitrogen and oxygen atoms in total. The highest BCUT2D eigenvalue weighted by atomic mass is 32.1. The summed E-state index contributed by atoms with van der Waals surface area (Å²) in [6.07, 6.45) is -0.694. The van der Waals surface area contributed by atoms with Crippen molar-refractivity contribution in [1.82, 2.24) is 10.6 Å². The first-order chi connectivity index (χ1) is 9.70. The largest absolute Gasteiger partial charge is 0.386 e. The molecule has 0 aliphatic heterocycles. The lowest BCUT2D eigenvalue weighted by Crippen LogP contribution is -2.39. The molecule has 0 saturated carbocycles. The number of benzene rings is 1. The molecule has 20 heavy (non-hydrogen) atoms. The fourth-order valence-electron chi connectivity index (χ4n) is 1.79. The van der Waals surface area contributed by atoms with Crippen LogP contribution in [0.3, 0.4) is 0 Å². The summed E-state index contributed by atoms with van der Waals surface area (Å²) in [5.41, 5.74) is 0. The smallest absolute Gasteiger partial charge is 0.314 e. The van der Waals surface area contributed by atoms with E-state index in [2.05, 4.69) is 10.6 Å². The Morgan fingerprint density at radius 2 is 2.20 bits per heavy atom. The number of fused-ring (bicyclic) bond motifs is 1. The molecule has 2 aromatic rings. The van der Waals surface area contributed by atoms with Gasteiger partial charge in [0.1, 0.15) is 6.10 Å². The number of aliphatic hydroxyl groups is 1. The Morgan fingerprint density at radius 1 is 1.40 bits per heavy atom. The second-order valence-corrected chi connectivity index (χ2v) is 5.45. The fraction of sp³-hybridized carbons (Fsp3) is 0.357. The normalized spacial score (nSPS) is 12.3. The predicted octanol–water partition coefficient (Wildman–Crippen LogP) is 1.88. The molecule has 0 bridgehead atoms. The molecule has 0 fully saturated rings. The minimum atomic E-state index is -0.694. The maximum absolute atomic E-state index is 11.4. The van der Waals surface area contributed by atoms with Gasteiger partial charge in [-0.15, -0.1) is 11.3 Å². The summed E-state index contributed by atoms with van der Waals surface area (Å²) >= 11 is 1.54. The SMILES string of the molecule is COCCNC(=O)NCC(O)c1cc2ccccc2s1. The van der Waals surface area contributed by atoms with Crippen LogP contribution in [0.25, 0.3) is 10.1 Å². The van der Waals surface area contributed by atoms with Gasteiger partial charge < -0.3 is 20.5 Å². The molecule has 1 aromatic carbocycles. The van der Waals surface area contributed by atoms with E-state index in [4.69, 9.17) is 4.74 Å². The second kappa shape index (κ2) is 7.23. The molecule has 0 spiro atoms. The summed E-state index contributed by atoms with van der Waals surface area (Å²) in [6.45, 7) is 1.10. The number of nitrogens with one attached hydrogen (secondary N) is 2. The van der Waals surface area contributed by atoms with Crippen molar-refractivity contribution in [1.29, 1.82) is 0 Å². The van der Waals surface area contributed by atoms with Crippen LogP contribution < -0.4 is 10.6 Å². The number of aliphatic hydroxyl groups excluding tert-OH is 1. The van der Waals surface area contributed by atoms with Crippen molar-refractivity contribution in [2.45, 2.75) is 6.10 Å². The lowest BCUT2D eigenvalue weighted by molar-refractivity contribution is 0.173. The summed E-state index contributed by atoms with van der Waals surface area (Å²) in [6, 6.07) is 9.61. The lowest BCUT2D eigenvalue weighted by atomic mass is 10.2. The molecule has 1 unspecified atom stereocenters. The topological polar surface area (TPSA) is 70.6 Å². The summed E-state index contributed by atoms with van der Waals surface area (Å²) in [5.74, 6) is 0. The molecule has 108 valence electrons. The van der Waals surface area contributed by atoms with Crippen LogP contribution in [0.1, 0.15) is 11.0 Å². The van der Waals surface area contributed by atoms with Crippen molar-refractivity contribution in [3.8, 4) is 0 Å². The highest BCUT2D eigenvalue weighted by Crippen LogP contribution is 2.29. The molecule has 1 atom stereocenters. The van der Waals surface area contributed by atoms with E-state index in [1.165, 1.54) is 11.3 Å².